The van der Waals surface area contributed by atoms with Gasteiger partial charge in [0.15, 0.2) is 0 Å². The van der Waals surface area contributed by atoms with Crippen molar-refractivity contribution in [1.82, 2.24) is 0 Å². The van der Waals surface area contributed by atoms with Crippen LogP contribution >= 0.6 is 0 Å². The summed E-state index contributed by atoms with van der Waals surface area (Å²) in [4.78, 5) is 5.31. The van der Waals surface area contributed by atoms with E-state index in [4.69, 9.17) is 0 Å². The molecule has 0 atom stereocenters. The van der Waals surface area contributed by atoms with Crippen LogP contribution in [0.2, 0.25) is 0 Å². The predicted molar refractivity (Wildman–Crippen MR) is 225 cm³/mol. The maximum atomic E-state index is 2.66. The third-order valence-electron chi connectivity index (χ3n) is 12.0. The largest absolute Gasteiger partial charge is 0.338 e. The van der Waals surface area contributed by atoms with Gasteiger partial charge < -0.3 is 9.80 Å². The lowest BCUT2D eigenvalue weighted by atomic mass is 9.33. The second-order valence-corrected chi connectivity index (χ2v) is 15.1. The van der Waals surface area contributed by atoms with Crippen LogP contribution in [0.5, 0.6) is 0 Å². The molecule has 1 saturated carbocycles. The summed E-state index contributed by atoms with van der Waals surface area (Å²) in [6.07, 6.45) is 6.51. The quantitative estimate of drug-likeness (QED) is 0.154. The van der Waals surface area contributed by atoms with Gasteiger partial charge in [-0.1, -0.05) is 165 Å². The summed E-state index contributed by atoms with van der Waals surface area (Å²) in [6, 6.07) is 63.4. The number of anilines is 4. The summed E-state index contributed by atoms with van der Waals surface area (Å²) in [7, 11) is 0. The minimum Gasteiger partial charge on any atom is -0.338 e. The maximum absolute atomic E-state index is 2.66. The number of hydrogen-bond acceptors (Lipinski definition) is 2. The molecule has 1 aliphatic carbocycles. The molecule has 3 heteroatoms. The van der Waals surface area contributed by atoms with Crippen LogP contribution in [0.3, 0.4) is 0 Å². The molecule has 0 N–H and O–H groups in total. The highest BCUT2D eigenvalue weighted by Gasteiger charge is 2.43. The minimum atomic E-state index is 0.161. The Balaban J connectivity index is 1.19. The molecule has 0 bridgehead atoms. The number of benzene rings is 7. The Labute approximate surface area is 314 Å². The fraction of sp³-hybridized carbons (Fsp3) is 0.160. The van der Waals surface area contributed by atoms with Crippen molar-refractivity contribution < 1.29 is 0 Å². The Morgan fingerprint density at radius 3 is 1.38 bits per heavy atom. The molecular formula is C50H43BN2. The minimum absolute atomic E-state index is 0.161. The van der Waals surface area contributed by atoms with Crippen LogP contribution in [0.1, 0.15) is 54.7 Å². The molecule has 1 fully saturated rings. The Kier molecular flexibility index (Phi) is 8.21. The van der Waals surface area contributed by atoms with Gasteiger partial charge in [-0.05, 0) is 98.4 Å². The van der Waals surface area contributed by atoms with Crippen molar-refractivity contribution in [2.45, 2.75) is 51.1 Å². The summed E-state index contributed by atoms with van der Waals surface area (Å²) in [5.41, 5.74) is 18.9. The molecule has 256 valence electrons. The van der Waals surface area contributed by atoms with E-state index < -0.39 is 0 Å². The zero-order chi connectivity index (χ0) is 35.1. The molecule has 10 rings (SSSR count). The highest BCUT2D eigenvalue weighted by molar-refractivity contribution is 7.00. The molecule has 0 amide bonds. The van der Waals surface area contributed by atoms with Gasteiger partial charge in [0.1, 0.15) is 0 Å². The fourth-order valence-corrected chi connectivity index (χ4v) is 9.55. The van der Waals surface area contributed by atoms with E-state index >= 15 is 0 Å². The molecular weight excluding hydrogens is 639 g/mol. The van der Waals surface area contributed by atoms with Gasteiger partial charge in [0.05, 0.1) is 0 Å². The van der Waals surface area contributed by atoms with E-state index in [0.717, 1.165) is 13.1 Å². The van der Waals surface area contributed by atoms with Crippen molar-refractivity contribution in [3.8, 4) is 22.3 Å². The smallest absolute Gasteiger partial charge is 0.252 e. The molecule has 0 aromatic heterocycles. The highest BCUT2D eigenvalue weighted by Crippen LogP contribution is 2.44. The molecule has 7 aromatic carbocycles. The van der Waals surface area contributed by atoms with Crippen LogP contribution < -0.4 is 26.2 Å². The van der Waals surface area contributed by atoms with Gasteiger partial charge in [-0.25, -0.2) is 0 Å². The van der Waals surface area contributed by atoms with Gasteiger partial charge in [0, 0.05) is 35.8 Å². The SMILES string of the molecule is c1ccc(-c2ccccc2CN2c3ccccc3B3c4ccccc4N(Cc4ccccc4-c4ccccc4)c4cc(C5CCCCC5)cc2c43)cc1. The van der Waals surface area contributed by atoms with Crippen LogP contribution in [0.15, 0.2) is 170 Å². The van der Waals surface area contributed by atoms with Gasteiger partial charge in [-0.3, -0.25) is 0 Å². The third-order valence-corrected chi connectivity index (χ3v) is 12.0. The molecule has 2 nitrogen and oxygen atoms in total. The first-order valence-electron chi connectivity index (χ1n) is 19.5. The summed E-state index contributed by atoms with van der Waals surface area (Å²) < 4.78 is 0. The van der Waals surface area contributed by atoms with Crippen LogP contribution in [0.25, 0.3) is 22.3 Å². The first-order valence-corrected chi connectivity index (χ1v) is 19.5. The second-order valence-electron chi connectivity index (χ2n) is 15.1. The van der Waals surface area contributed by atoms with Crippen LogP contribution in [0.4, 0.5) is 22.7 Å². The number of para-hydroxylation sites is 2. The first-order chi connectivity index (χ1) is 26.3. The van der Waals surface area contributed by atoms with E-state index in [-0.39, 0.29) is 6.71 Å². The molecule has 0 radical (unpaired) electrons. The Morgan fingerprint density at radius 2 is 0.868 bits per heavy atom. The third kappa shape index (κ3) is 5.67. The van der Waals surface area contributed by atoms with Crippen molar-refractivity contribution in [2.75, 3.05) is 9.80 Å². The predicted octanol–water partition coefficient (Wildman–Crippen LogP) is 10.9. The number of rotatable bonds is 7. The van der Waals surface area contributed by atoms with Gasteiger partial charge in [-0.15, -0.1) is 0 Å². The number of fused-ring (bicyclic) bond motifs is 4. The monoisotopic (exact) mass is 682 g/mol. The van der Waals surface area contributed by atoms with Crippen molar-refractivity contribution in [2.24, 2.45) is 0 Å². The van der Waals surface area contributed by atoms with Crippen LogP contribution in [-0.2, 0) is 13.1 Å². The summed E-state index contributed by atoms with van der Waals surface area (Å²) >= 11 is 0. The summed E-state index contributed by atoms with van der Waals surface area (Å²) in [5.74, 6) is 0.579. The second kappa shape index (κ2) is 13.6. The lowest BCUT2D eigenvalue weighted by Crippen LogP contribution is -2.62. The van der Waals surface area contributed by atoms with Crippen molar-refractivity contribution >= 4 is 45.9 Å². The normalized spacial score (nSPS) is 14.8. The lowest BCUT2D eigenvalue weighted by Gasteiger charge is -2.45. The van der Waals surface area contributed by atoms with Gasteiger partial charge in [-0.2, -0.15) is 0 Å². The van der Waals surface area contributed by atoms with E-state index in [1.54, 1.807) is 0 Å². The summed E-state index contributed by atoms with van der Waals surface area (Å²) in [5, 5.41) is 0. The van der Waals surface area contributed by atoms with Gasteiger partial charge in [0.2, 0.25) is 0 Å². The Bertz CT molecular complexity index is 2260. The fourth-order valence-electron chi connectivity index (χ4n) is 9.55. The average Bonchev–Trinajstić information content (AvgIpc) is 3.24. The van der Waals surface area contributed by atoms with Gasteiger partial charge >= 0.3 is 0 Å². The molecule has 2 aliphatic heterocycles. The van der Waals surface area contributed by atoms with Crippen LogP contribution in [-0.4, -0.2) is 6.71 Å². The Morgan fingerprint density at radius 1 is 0.434 bits per heavy atom. The summed E-state index contributed by atoms with van der Waals surface area (Å²) in [6.45, 7) is 1.76. The zero-order valence-electron chi connectivity index (χ0n) is 30.2. The molecule has 7 aromatic rings. The lowest BCUT2D eigenvalue weighted by molar-refractivity contribution is 0.443. The van der Waals surface area contributed by atoms with E-state index in [0.29, 0.717) is 5.92 Å². The van der Waals surface area contributed by atoms with E-state index in [1.807, 2.05) is 0 Å². The molecule has 0 unspecified atom stereocenters. The van der Waals surface area contributed by atoms with E-state index in [2.05, 4.69) is 180 Å². The van der Waals surface area contributed by atoms with E-state index in [9.17, 15) is 0 Å². The number of nitrogens with zero attached hydrogens (tertiary/aromatic N) is 2. The standard InChI is InChI=1S/C50H43BN2/c1-4-18-36(19-5-1)41-32-48-50-49(33-41)53(35-40-25-11-13-27-43(40)38-22-8-3-9-23-38)47-31-17-15-29-45(47)51(50)44-28-14-16-30-46(44)52(48)34-39-24-10-12-26-42(39)37-20-6-2-7-21-37/h2-3,6-17,20-33,36H,1,4-5,18-19,34-35H2. The molecule has 3 aliphatic rings. The van der Waals surface area contributed by atoms with Crippen molar-refractivity contribution in [3.05, 3.63) is 187 Å². The Hall–Kier alpha value is -5.80. The molecule has 53 heavy (non-hydrogen) atoms. The topological polar surface area (TPSA) is 6.48 Å². The molecule has 2 heterocycles. The highest BCUT2D eigenvalue weighted by atomic mass is 15.2. The first kappa shape index (κ1) is 31.9. The molecule has 0 spiro atoms. The maximum Gasteiger partial charge on any atom is 0.252 e. The average molecular weight is 683 g/mol. The number of hydrogen-bond donors (Lipinski definition) is 0. The zero-order valence-corrected chi connectivity index (χ0v) is 30.2. The van der Waals surface area contributed by atoms with Gasteiger partial charge in [0.25, 0.3) is 6.71 Å². The van der Waals surface area contributed by atoms with E-state index in [1.165, 1.54) is 110 Å². The van der Waals surface area contributed by atoms with Crippen LogP contribution in [0, 0.1) is 0 Å². The van der Waals surface area contributed by atoms with Crippen molar-refractivity contribution in [3.63, 3.8) is 0 Å². The van der Waals surface area contributed by atoms with Crippen molar-refractivity contribution in [1.29, 1.82) is 0 Å². The molecule has 0 saturated heterocycles.